The fourth-order valence-corrected chi connectivity index (χ4v) is 2.60. The highest BCUT2D eigenvalue weighted by atomic mass is 16.5. The first-order chi connectivity index (χ1) is 8.80. The minimum absolute atomic E-state index is 0.256. The van der Waals surface area contributed by atoms with E-state index in [-0.39, 0.29) is 6.10 Å². The van der Waals surface area contributed by atoms with Crippen LogP contribution >= 0.6 is 0 Å². The summed E-state index contributed by atoms with van der Waals surface area (Å²) in [5.74, 6) is 0.924. The summed E-state index contributed by atoms with van der Waals surface area (Å²) in [6.07, 6.45) is 2.32. The van der Waals surface area contributed by atoms with Gasteiger partial charge in [-0.25, -0.2) is 0 Å². The third kappa shape index (κ3) is 2.68. The molecule has 0 saturated carbocycles. The second-order valence-corrected chi connectivity index (χ2v) is 4.71. The van der Waals surface area contributed by atoms with Crippen molar-refractivity contribution in [2.24, 2.45) is 0 Å². The minimum Gasteiger partial charge on any atom is -0.497 e. The predicted octanol–water partition coefficient (Wildman–Crippen LogP) is 2.70. The van der Waals surface area contributed by atoms with Crippen molar-refractivity contribution in [1.82, 2.24) is 5.32 Å². The average Bonchev–Trinajstić information content (AvgIpc) is 2.74. The van der Waals surface area contributed by atoms with Crippen molar-refractivity contribution in [3.8, 4) is 5.75 Å². The van der Waals surface area contributed by atoms with Gasteiger partial charge in [-0.15, -0.1) is 0 Å². The maximum Gasteiger partial charge on any atom is 0.119 e. The molecular formula is C15H23NO2. The first kappa shape index (κ1) is 13.4. The van der Waals surface area contributed by atoms with Crippen molar-refractivity contribution in [2.45, 2.75) is 38.8 Å². The summed E-state index contributed by atoms with van der Waals surface area (Å²) >= 11 is 0. The van der Waals surface area contributed by atoms with E-state index in [1.165, 1.54) is 11.1 Å². The molecule has 3 heteroatoms. The van der Waals surface area contributed by atoms with E-state index in [1.54, 1.807) is 7.11 Å². The van der Waals surface area contributed by atoms with Gasteiger partial charge in [0, 0.05) is 13.0 Å². The smallest absolute Gasteiger partial charge is 0.119 e. The lowest BCUT2D eigenvalue weighted by atomic mass is 10.1. The molecule has 0 heterocycles. The van der Waals surface area contributed by atoms with Crippen molar-refractivity contribution in [2.75, 3.05) is 20.3 Å². The van der Waals surface area contributed by atoms with Crippen LogP contribution in [0, 0.1) is 0 Å². The molecule has 100 valence electrons. The van der Waals surface area contributed by atoms with Crippen LogP contribution in [0.4, 0.5) is 0 Å². The molecule has 1 aliphatic rings. The van der Waals surface area contributed by atoms with E-state index in [0.29, 0.717) is 6.04 Å². The Hall–Kier alpha value is -1.06. The minimum atomic E-state index is 0.256. The molecule has 0 spiro atoms. The van der Waals surface area contributed by atoms with Crippen LogP contribution in [0.1, 0.15) is 37.4 Å². The lowest BCUT2D eigenvalue weighted by Crippen LogP contribution is -2.31. The number of benzene rings is 1. The van der Waals surface area contributed by atoms with Crippen LogP contribution in [0.25, 0.3) is 0 Å². The number of ether oxygens (including phenoxy) is 2. The normalized spacial score (nSPS) is 21.9. The average molecular weight is 249 g/mol. The van der Waals surface area contributed by atoms with E-state index in [2.05, 4.69) is 31.3 Å². The van der Waals surface area contributed by atoms with Crippen LogP contribution in [0.2, 0.25) is 0 Å². The largest absolute Gasteiger partial charge is 0.497 e. The van der Waals surface area contributed by atoms with Crippen molar-refractivity contribution >= 4 is 0 Å². The van der Waals surface area contributed by atoms with Gasteiger partial charge in [-0.2, -0.15) is 0 Å². The van der Waals surface area contributed by atoms with Gasteiger partial charge in [0.15, 0.2) is 0 Å². The second kappa shape index (κ2) is 6.21. The molecule has 3 nitrogen and oxygen atoms in total. The Balaban J connectivity index is 2.20. The van der Waals surface area contributed by atoms with Crippen LogP contribution in [0.3, 0.4) is 0 Å². The quantitative estimate of drug-likeness (QED) is 0.841. The van der Waals surface area contributed by atoms with E-state index in [4.69, 9.17) is 9.47 Å². The van der Waals surface area contributed by atoms with Crippen molar-refractivity contribution in [1.29, 1.82) is 0 Å². The number of hydrogen-bond acceptors (Lipinski definition) is 3. The summed E-state index contributed by atoms with van der Waals surface area (Å²) in [5.41, 5.74) is 2.71. The third-order valence-corrected chi connectivity index (χ3v) is 3.44. The number of likely N-dealkylation sites (N-methyl/N-ethyl adjacent to an activating group) is 1. The number of hydrogen-bond donors (Lipinski definition) is 1. The van der Waals surface area contributed by atoms with Gasteiger partial charge in [0.2, 0.25) is 0 Å². The standard InChI is InChI=1S/C15H23NO2/c1-4-8-18-14-9-11-6-7-12(17-3)10-13(11)15(14)16-5-2/h6-7,10,14-16H,4-5,8-9H2,1-3H3. The summed E-state index contributed by atoms with van der Waals surface area (Å²) < 4.78 is 11.3. The lowest BCUT2D eigenvalue weighted by molar-refractivity contribution is 0.0355. The molecule has 0 amide bonds. The van der Waals surface area contributed by atoms with Crippen LogP contribution < -0.4 is 10.1 Å². The molecule has 2 rings (SSSR count). The van der Waals surface area contributed by atoms with E-state index in [0.717, 1.165) is 31.7 Å². The maximum absolute atomic E-state index is 5.97. The Labute approximate surface area is 109 Å². The molecule has 1 aromatic carbocycles. The highest BCUT2D eigenvalue weighted by Gasteiger charge is 2.32. The monoisotopic (exact) mass is 249 g/mol. The summed E-state index contributed by atoms with van der Waals surface area (Å²) in [6, 6.07) is 6.63. The first-order valence-corrected chi connectivity index (χ1v) is 6.82. The molecule has 0 radical (unpaired) electrons. The molecular weight excluding hydrogens is 226 g/mol. The Morgan fingerprint density at radius 2 is 2.17 bits per heavy atom. The zero-order chi connectivity index (χ0) is 13.0. The van der Waals surface area contributed by atoms with Crippen molar-refractivity contribution < 1.29 is 9.47 Å². The topological polar surface area (TPSA) is 30.5 Å². The molecule has 1 aliphatic carbocycles. The van der Waals surface area contributed by atoms with E-state index in [9.17, 15) is 0 Å². The molecule has 1 aromatic rings. The number of rotatable bonds is 6. The predicted molar refractivity (Wildman–Crippen MR) is 73.1 cm³/mol. The van der Waals surface area contributed by atoms with Gasteiger partial charge in [0.1, 0.15) is 5.75 Å². The van der Waals surface area contributed by atoms with Crippen molar-refractivity contribution in [3.05, 3.63) is 29.3 Å². The SMILES string of the molecule is CCCOC1Cc2ccc(OC)cc2C1NCC. The maximum atomic E-state index is 5.97. The van der Waals surface area contributed by atoms with Crippen LogP contribution in [-0.2, 0) is 11.2 Å². The van der Waals surface area contributed by atoms with E-state index < -0.39 is 0 Å². The first-order valence-electron chi connectivity index (χ1n) is 6.82. The van der Waals surface area contributed by atoms with Gasteiger partial charge >= 0.3 is 0 Å². The highest BCUT2D eigenvalue weighted by molar-refractivity contribution is 5.42. The second-order valence-electron chi connectivity index (χ2n) is 4.71. The number of methoxy groups -OCH3 is 1. The van der Waals surface area contributed by atoms with E-state index >= 15 is 0 Å². The van der Waals surface area contributed by atoms with E-state index in [1.807, 2.05) is 6.07 Å². The van der Waals surface area contributed by atoms with Crippen LogP contribution in [0.5, 0.6) is 5.75 Å². The molecule has 0 fully saturated rings. The summed E-state index contributed by atoms with van der Waals surface area (Å²) in [5, 5.41) is 3.53. The molecule has 18 heavy (non-hydrogen) atoms. The Morgan fingerprint density at radius 3 is 2.83 bits per heavy atom. The lowest BCUT2D eigenvalue weighted by Gasteiger charge is -2.21. The zero-order valence-corrected chi connectivity index (χ0v) is 11.5. The molecule has 0 aliphatic heterocycles. The summed E-state index contributed by atoms with van der Waals surface area (Å²) in [4.78, 5) is 0. The van der Waals surface area contributed by atoms with Crippen molar-refractivity contribution in [3.63, 3.8) is 0 Å². The molecule has 0 bridgehead atoms. The molecule has 1 N–H and O–H groups in total. The van der Waals surface area contributed by atoms with Crippen LogP contribution in [0.15, 0.2) is 18.2 Å². The van der Waals surface area contributed by atoms with Gasteiger partial charge in [0.25, 0.3) is 0 Å². The third-order valence-electron chi connectivity index (χ3n) is 3.44. The molecule has 0 saturated heterocycles. The van der Waals surface area contributed by atoms with Gasteiger partial charge in [0.05, 0.1) is 19.3 Å². The molecule has 0 aromatic heterocycles. The zero-order valence-electron chi connectivity index (χ0n) is 11.5. The highest BCUT2D eigenvalue weighted by Crippen LogP contribution is 2.35. The Bertz CT molecular complexity index is 392. The van der Waals surface area contributed by atoms with Gasteiger partial charge < -0.3 is 14.8 Å². The molecule has 2 atom stereocenters. The number of nitrogens with one attached hydrogen (secondary N) is 1. The van der Waals surface area contributed by atoms with Gasteiger partial charge in [-0.3, -0.25) is 0 Å². The van der Waals surface area contributed by atoms with Crippen LogP contribution in [-0.4, -0.2) is 26.4 Å². The molecule has 2 unspecified atom stereocenters. The Morgan fingerprint density at radius 1 is 1.33 bits per heavy atom. The van der Waals surface area contributed by atoms with Gasteiger partial charge in [-0.1, -0.05) is 19.9 Å². The summed E-state index contributed by atoms with van der Waals surface area (Å²) in [6.45, 7) is 6.06. The number of fused-ring (bicyclic) bond motifs is 1. The fraction of sp³-hybridized carbons (Fsp3) is 0.600. The fourth-order valence-electron chi connectivity index (χ4n) is 2.60. The summed E-state index contributed by atoms with van der Waals surface area (Å²) in [7, 11) is 1.71. The van der Waals surface area contributed by atoms with Gasteiger partial charge in [-0.05, 0) is 36.2 Å². The Kier molecular flexibility index (Phi) is 4.61.